The quantitative estimate of drug-likeness (QED) is 0.921. The maximum absolute atomic E-state index is 14.3. The number of benzene rings is 2. The lowest BCUT2D eigenvalue weighted by Crippen LogP contribution is -2.03. The lowest BCUT2D eigenvalue weighted by atomic mass is 9.95. The maximum atomic E-state index is 14.3. The van der Waals surface area contributed by atoms with Gasteiger partial charge >= 0.3 is 5.97 Å². The predicted molar refractivity (Wildman–Crippen MR) is 78.2 cm³/mol. The molecule has 2 aromatic rings. The highest BCUT2D eigenvalue weighted by molar-refractivity contribution is 5.96. The number of nitriles is 1. The Morgan fingerprint density at radius 2 is 1.90 bits per heavy atom. The van der Waals surface area contributed by atoms with Crippen molar-refractivity contribution >= 4 is 12.0 Å². The number of nitrogens with zero attached hydrogens (tertiary/aromatic N) is 1. The molecule has 104 valence electrons. The van der Waals surface area contributed by atoms with Gasteiger partial charge in [-0.15, -0.1) is 0 Å². The summed E-state index contributed by atoms with van der Waals surface area (Å²) in [5.41, 5.74) is 0.955. The van der Waals surface area contributed by atoms with Crippen molar-refractivity contribution in [3.8, 4) is 17.2 Å². The van der Waals surface area contributed by atoms with E-state index in [2.05, 4.69) is 0 Å². The fourth-order valence-electron chi connectivity index (χ4n) is 2.08. The van der Waals surface area contributed by atoms with Gasteiger partial charge in [-0.2, -0.15) is 5.26 Å². The van der Waals surface area contributed by atoms with E-state index in [1.165, 1.54) is 12.1 Å². The summed E-state index contributed by atoms with van der Waals surface area (Å²) in [5.74, 6) is -2.04. The highest BCUT2D eigenvalue weighted by Crippen LogP contribution is 2.29. The van der Waals surface area contributed by atoms with Crippen LogP contribution in [0.5, 0.6) is 0 Å². The van der Waals surface area contributed by atoms with Crippen molar-refractivity contribution in [2.75, 3.05) is 0 Å². The SMILES string of the molecule is CC=Cc1ccc(-c2c(C(=O)O)ccc(C#N)c2F)cc1. The van der Waals surface area contributed by atoms with Crippen molar-refractivity contribution in [2.45, 2.75) is 6.92 Å². The van der Waals surface area contributed by atoms with E-state index in [4.69, 9.17) is 5.26 Å². The molecule has 0 heterocycles. The van der Waals surface area contributed by atoms with Crippen molar-refractivity contribution in [1.29, 1.82) is 5.26 Å². The van der Waals surface area contributed by atoms with E-state index in [0.29, 0.717) is 5.56 Å². The fraction of sp³-hybridized carbons (Fsp3) is 0.0588. The summed E-state index contributed by atoms with van der Waals surface area (Å²) in [6.07, 6.45) is 3.75. The number of hydrogen-bond donors (Lipinski definition) is 1. The molecule has 0 aliphatic rings. The number of rotatable bonds is 3. The van der Waals surface area contributed by atoms with Gasteiger partial charge in [0.2, 0.25) is 0 Å². The number of hydrogen-bond acceptors (Lipinski definition) is 2. The summed E-state index contributed by atoms with van der Waals surface area (Å²) in [7, 11) is 0. The molecule has 0 aromatic heterocycles. The highest BCUT2D eigenvalue weighted by Gasteiger charge is 2.19. The first-order chi connectivity index (χ1) is 10.1. The molecule has 0 saturated heterocycles. The molecule has 0 saturated carbocycles. The molecule has 4 heteroatoms. The van der Waals surface area contributed by atoms with Crippen molar-refractivity contribution in [3.05, 3.63) is 65.0 Å². The molecule has 1 N–H and O–H groups in total. The molecule has 21 heavy (non-hydrogen) atoms. The third-order valence-electron chi connectivity index (χ3n) is 3.05. The van der Waals surface area contributed by atoms with Crippen LogP contribution in [0.15, 0.2) is 42.5 Å². The second-order valence-electron chi connectivity index (χ2n) is 4.39. The normalized spacial score (nSPS) is 10.5. The third-order valence-corrected chi connectivity index (χ3v) is 3.05. The van der Waals surface area contributed by atoms with E-state index in [9.17, 15) is 14.3 Å². The maximum Gasteiger partial charge on any atom is 0.336 e. The first kappa shape index (κ1) is 14.5. The Kier molecular flexibility index (Phi) is 4.15. The first-order valence-corrected chi connectivity index (χ1v) is 6.27. The van der Waals surface area contributed by atoms with Gasteiger partial charge in [0.1, 0.15) is 11.9 Å². The van der Waals surface area contributed by atoms with E-state index >= 15 is 0 Å². The van der Waals surface area contributed by atoms with Crippen molar-refractivity contribution in [1.82, 2.24) is 0 Å². The molecular weight excluding hydrogens is 269 g/mol. The Balaban J connectivity index is 2.66. The minimum Gasteiger partial charge on any atom is -0.478 e. The molecule has 0 spiro atoms. The molecule has 3 nitrogen and oxygen atoms in total. The van der Waals surface area contributed by atoms with E-state index in [-0.39, 0.29) is 16.7 Å². The average Bonchev–Trinajstić information content (AvgIpc) is 2.48. The zero-order chi connectivity index (χ0) is 15.4. The van der Waals surface area contributed by atoms with Gasteiger partial charge < -0.3 is 5.11 Å². The predicted octanol–water partition coefficient (Wildman–Crippen LogP) is 4.10. The Labute approximate surface area is 121 Å². The average molecular weight is 281 g/mol. The van der Waals surface area contributed by atoms with Crippen molar-refractivity contribution in [2.24, 2.45) is 0 Å². The minimum atomic E-state index is -1.23. The number of halogens is 1. The molecule has 0 amide bonds. The highest BCUT2D eigenvalue weighted by atomic mass is 19.1. The number of carbonyl (C=O) groups is 1. The summed E-state index contributed by atoms with van der Waals surface area (Å²) in [5, 5.41) is 18.1. The van der Waals surface area contributed by atoms with Gasteiger partial charge in [0.25, 0.3) is 0 Å². The molecule has 0 unspecified atom stereocenters. The number of allylic oxidation sites excluding steroid dienone is 1. The van der Waals surface area contributed by atoms with E-state index in [1.54, 1.807) is 30.3 Å². The number of carboxylic acids is 1. The minimum absolute atomic E-state index is 0.0615. The van der Waals surface area contributed by atoms with Gasteiger partial charge in [0.15, 0.2) is 0 Å². The molecule has 0 fully saturated rings. The lowest BCUT2D eigenvalue weighted by Gasteiger charge is -2.09. The number of aromatic carboxylic acids is 1. The lowest BCUT2D eigenvalue weighted by molar-refractivity contribution is 0.0697. The molecule has 0 bridgehead atoms. The topological polar surface area (TPSA) is 61.1 Å². The van der Waals surface area contributed by atoms with Gasteiger partial charge in [0, 0.05) is 5.56 Å². The van der Waals surface area contributed by atoms with Crippen molar-refractivity contribution in [3.63, 3.8) is 0 Å². The molecule has 0 aliphatic carbocycles. The molecule has 0 radical (unpaired) electrons. The zero-order valence-corrected chi connectivity index (χ0v) is 11.3. The van der Waals surface area contributed by atoms with Crippen LogP contribution < -0.4 is 0 Å². The largest absolute Gasteiger partial charge is 0.478 e. The standard InChI is InChI=1S/C17H12FNO2/c1-2-3-11-4-6-12(7-5-11)15-14(17(20)21)9-8-13(10-19)16(15)18/h2-9H,1H3,(H,20,21). The van der Waals surface area contributed by atoms with Gasteiger partial charge in [-0.05, 0) is 30.2 Å². The van der Waals surface area contributed by atoms with Crippen LogP contribution in [0.25, 0.3) is 17.2 Å². The smallest absolute Gasteiger partial charge is 0.336 e. The van der Waals surface area contributed by atoms with Crippen LogP contribution in [0.2, 0.25) is 0 Å². The van der Waals surface area contributed by atoms with Gasteiger partial charge in [-0.3, -0.25) is 0 Å². The van der Waals surface area contributed by atoms with E-state index < -0.39 is 11.8 Å². The number of carboxylic acid groups (broad SMARTS) is 1. The van der Waals surface area contributed by atoms with Gasteiger partial charge in [-0.25, -0.2) is 9.18 Å². The van der Waals surface area contributed by atoms with Crippen LogP contribution in [0.1, 0.15) is 28.4 Å². The van der Waals surface area contributed by atoms with Crippen LogP contribution >= 0.6 is 0 Å². The van der Waals surface area contributed by atoms with Crippen LogP contribution in [0, 0.1) is 17.1 Å². The van der Waals surface area contributed by atoms with Crippen LogP contribution in [-0.2, 0) is 0 Å². The van der Waals surface area contributed by atoms with E-state index in [0.717, 1.165) is 5.56 Å². The Morgan fingerprint density at radius 1 is 1.24 bits per heavy atom. The third kappa shape index (κ3) is 2.82. The molecular formula is C17H12FNO2. The summed E-state index contributed by atoms with van der Waals surface area (Å²) in [4.78, 5) is 11.3. The van der Waals surface area contributed by atoms with Gasteiger partial charge in [-0.1, -0.05) is 36.4 Å². The summed E-state index contributed by atoms with van der Waals surface area (Å²) in [6.45, 7) is 1.88. The fourth-order valence-corrected chi connectivity index (χ4v) is 2.08. The molecule has 2 aromatic carbocycles. The Bertz CT molecular complexity index is 756. The molecule has 0 atom stereocenters. The first-order valence-electron chi connectivity index (χ1n) is 6.27. The van der Waals surface area contributed by atoms with Crippen LogP contribution in [0.4, 0.5) is 4.39 Å². The second kappa shape index (κ2) is 6.02. The molecule has 2 rings (SSSR count). The monoisotopic (exact) mass is 281 g/mol. The van der Waals surface area contributed by atoms with Gasteiger partial charge in [0.05, 0.1) is 11.1 Å². The van der Waals surface area contributed by atoms with Crippen LogP contribution in [-0.4, -0.2) is 11.1 Å². The van der Waals surface area contributed by atoms with Crippen LogP contribution in [0.3, 0.4) is 0 Å². The summed E-state index contributed by atoms with van der Waals surface area (Å²) in [6, 6.07) is 11.0. The second-order valence-corrected chi connectivity index (χ2v) is 4.39. The summed E-state index contributed by atoms with van der Waals surface area (Å²) < 4.78 is 14.3. The Morgan fingerprint density at radius 3 is 2.43 bits per heavy atom. The molecule has 0 aliphatic heterocycles. The van der Waals surface area contributed by atoms with E-state index in [1.807, 2.05) is 19.1 Å². The van der Waals surface area contributed by atoms with Crippen molar-refractivity contribution < 1.29 is 14.3 Å². The summed E-state index contributed by atoms with van der Waals surface area (Å²) >= 11 is 0. The zero-order valence-electron chi connectivity index (χ0n) is 11.3. The Hall–Kier alpha value is -2.93.